The second-order valence-corrected chi connectivity index (χ2v) is 8.44. The molecule has 0 fully saturated rings. The van der Waals surface area contributed by atoms with Gasteiger partial charge in [-0.25, -0.2) is 8.42 Å². The Kier molecular flexibility index (Phi) is 3.94. The fourth-order valence-corrected chi connectivity index (χ4v) is 5.19. The fraction of sp³-hybridized carbons (Fsp3) is 0.333. The van der Waals surface area contributed by atoms with Crippen LogP contribution in [0.5, 0.6) is 0 Å². The maximum atomic E-state index is 13.1. The summed E-state index contributed by atoms with van der Waals surface area (Å²) in [7, 11) is -4.06. The summed E-state index contributed by atoms with van der Waals surface area (Å²) in [4.78, 5) is -1.87. The molecule has 0 aliphatic heterocycles. The molecule has 1 aliphatic rings. The molecule has 0 heterocycles. The van der Waals surface area contributed by atoms with Crippen LogP contribution >= 0.6 is 0 Å². The number of nitrogens with two attached hydrogens (primary N) is 1. The number of sulfonamides is 1. The highest BCUT2D eigenvalue weighted by molar-refractivity contribution is 7.93. The average Bonchev–Trinajstić information content (AvgIpc) is 2.76. The Balaban J connectivity index is 2.09. The quantitative estimate of drug-likeness (QED) is 0.793. The highest BCUT2D eigenvalue weighted by Gasteiger charge is 2.53. The molecule has 6 heteroatoms. The number of benzene rings is 2. The highest BCUT2D eigenvalue weighted by Crippen LogP contribution is 2.40. The van der Waals surface area contributed by atoms with Crippen molar-refractivity contribution in [1.29, 1.82) is 0 Å². The molecule has 24 heavy (non-hydrogen) atoms. The molecule has 0 bridgehead atoms. The van der Waals surface area contributed by atoms with Crippen LogP contribution in [0.1, 0.15) is 27.8 Å². The molecule has 0 saturated carbocycles. The molecule has 0 spiro atoms. The zero-order chi connectivity index (χ0) is 17.7. The summed E-state index contributed by atoms with van der Waals surface area (Å²) >= 11 is 0. The molecule has 2 aromatic carbocycles. The van der Waals surface area contributed by atoms with Crippen LogP contribution in [0.25, 0.3) is 0 Å². The Morgan fingerprint density at radius 2 is 1.75 bits per heavy atom. The number of aliphatic hydroxyl groups excluding tert-OH is 1. The van der Waals surface area contributed by atoms with E-state index in [1.807, 2.05) is 39.0 Å². The SMILES string of the molecule is Cc1cc(C)c(NS(=O)(=O)[C@@]2(N)c3ccccc3C[C@H]2O)c(C)c1. The number of anilines is 1. The van der Waals surface area contributed by atoms with Crippen molar-refractivity contribution < 1.29 is 13.5 Å². The minimum absolute atomic E-state index is 0.222. The Bertz CT molecular complexity index is 885. The smallest absolute Gasteiger partial charge is 0.258 e. The van der Waals surface area contributed by atoms with Gasteiger partial charge in [0.15, 0.2) is 4.87 Å². The Morgan fingerprint density at radius 1 is 1.17 bits per heavy atom. The standard InChI is InChI=1S/C18H22N2O3S/c1-11-8-12(2)17(13(3)9-11)20-24(22,23)18(19)15-7-5-4-6-14(15)10-16(18)21/h4-9,16,20-21H,10,19H2,1-3H3/t16-,18+/m1/s1. The lowest BCUT2D eigenvalue weighted by Gasteiger charge is -2.30. The van der Waals surface area contributed by atoms with Crippen molar-refractivity contribution in [3.8, 4) is 0 Å². The molecule has 0 unspecified atom stereocenters. The van der Waals surface area contributed by atoms with E-state index in [0.29, 0.717) is 11.3 Å². The summed E-state index contributed by atoms with van der Waals surface area (Å²) in [6.07, 6.45) is -0.974. The third-order valence-corrected chi connectivity index (χ3v) is 6.56. The maximum Gasteiger partial charge on any atom is 0.258 e. The summed E-state index contributed by atoms with van der Waals surface area (Å²) in [5.41, 5.74) is 10.7. The summed E-state index contributed by atoms with van der Waals surface area (Å²) in [5, 5.41) is 10.4. The zero-order valence-electron chi connectivity index (χ0n) is 14.0. The Hall–Kier alpha value is -1.89. The number of hydrogen-bond donors (Lipinski definition) is 3. The van der Waals surface area contributed by atoms with Crippen molar-refractivity contribution in [2.75, 3.05) is 4.72 Å². The maximum absolute atomic E-state index is 13.1. The van der Waals surface area contributed by atoms with Gasteiger partial charge in [0.05, 0.1) is 11.8 Å². The van der Waals surface area contributed by atoms with Gasteiger partial charge >= 0.3 is 0 Å². The molecule has 5 nitrogen and oxygen atoms in total. The van der Waals surface area contributed by atoms with Crippen LogP contribution in [-0.2, 0) is 21.3 Å². The molecule has 0 radical (unpaired) electrons. The molecular formula is C18H22N2O3S. The van der Waals surface area contributed by atoms with Crippen LogP contribution in [0.4, 0.5) is 5.69 Å². The van der Waals surface area contributed by atoms with E-state index in [-0.39, 0.29) is 6.42 Å². The van der Waals surface area contributed by atoms with E-state index < -0.39 is 21.0 Å². The van der Waals surface area contributed by atoms with E-state index >= 15 is 0 Å². The minimum atomic E-state index is -4.06. The number of rotatable bonds is 3. The number of aliphatic hydroxyl groups is 1. The normalized spacial score (nSPS) is 23.1. The molecule has 2 aromatic rings. The van der Waals surface area contributed by atoms with Crippen molar-refractivity contribution in [1.82, 2.24) is 0 Å². The topological polar surface area (TPSA) is 92.4 Å². The molecule has 0 amide bonds. The van der Waals surface area contributed by atoms with Crippen LogP contribution in [0, 0.1) is 20.8 Å². The van der Waals surface area contributed by atoms with Gasteiger partial charge in [0, 0.05) is 6.42 Å². The largest absolute Gasteiger partial charge is 0.389 e. The van der Waals surface area contributed by atoms with E-state index in [1.165, 1.54) is 0 Å². The fourth-order valence-electron chi connectivity index (χ4n) is 3.50. The predicted octanol–water partition coefficient (Wildman–Crippen LogP) is 2.08. The van der Waals surface area contributed by atoms with Crippen LogP contribution in [-0.4, -0.2) is 19.6 Å². The van der Waals surface area contributed by atoms with Crippen molar-refractivity contribution >= 4 is 15.7 Å². The molecule has 0 aromatic heterocycles. The van der Waals surface area contributed by atoms with Gasteiger partial charge in [-0.15, -0.1) is 0 Å². The second-order valence-electron chi connectivity index (χ2n) is 6.55. The van der Waals surface area contributed by atoms with E-state index in [4.69, 9.17) is 5.73 Å². The summed E-state index contributed by atoms with van der Waals surface area (Å²) < 4.78 is 28.8. The number of hydrogen-bond acceptors (Lipinski definition) is 4. The van der Waals surface area contributed by atoms with Crippen LogP contribution in [0.2, 0.25) is 0 Å². The predicted molar refractivity (Wildman–Crippen MR) is 95.2 cm³/mol. The first-order valence-corrected chi connectivity index (χ1v) is 9.30. The molecule has 3 rings (SSSR count). The van der Waals surface area contributed by atoms with Crippen LogP contribution in [0.3, 0.4) is 0 Å². The van der Waals surface area contributed by atoms with Crippen molar-refractivity contribution in [2.45, 2.75) is 38.2 Å². The molecule has 2 atom stereocenters. The van der Waals surface area contributed by atoms with Crippen molar-refractivity contribution in [2.24, 2.45) is 5.73 Å². The Labute approximate surface area is 142 Å². The summed E-state index contributed by atoms with van der Waals surface area (Å²) in [5.74, 6) is 0. The van der Waals surface area contributed by atoms with Gasteiger partial charge in [-0.2, -0.15) is 0 Å². The lowest BCUT2D eigenvalue weighted by atomic mass is 10.1. The number of fused-ring (bicyclic) bond motifs is 1. The summed E-state index contributed by atoms with van der Waals surface area (Å²) in [6.45, 7) is 5.65. The highest BCUT2D eigenvalue weighted by atomic mass is 32.2. The third kappa shape index (κ3) is 2.42. The van der Waals surface area contributed by atoms with Crippen LogP contribution < -0.4 is 10.5 Å². The lowest BCUT2D eigenvalue weighted by molar-refractivity contribution is 0.139. The second kappa shape index (κ2) is 5.58. The Morgan fingerprint density at radius 3 is 2.38 bits per heavy atom. The molecule has 4 N–H and O–H groups in total. The molecule has 128 valence electrons. The zero-order valence-corrected chi connectivity index (χ0v) is 14.8. The molecule has 1 aliphatic carbocycles. The van der Waals surface area contributed by atoms with Gasteiger partial charge in [0.25, 0.3) is 10.0 Å². The average molecular weight is 346 g/mol. The van der Waals surface area contributed by atoms with Gasteiger partial charge in [0.2, 0.25) is 0 Å². The first kappa shape index (κ1) is 17.0. The van der Waals surface area contributed by atoms with Crippen molar-refractivity contribution in [3.63, 3.8) is 0 Å². The number of nitrogens with one attached hydrogen (secondary N) is 1. The minimum Gasteiger partial charge on any atom is -0.389 e. The van der Waals surface area contributed by atoms with Crippen LogP contribution in [0.15, 0.2) is 36.4 Å². The van der Waals surface area contributed by atoms with Gasteiger partial charge in [-0.05, 0) is 43.0 Å². The van der Waals surface area contributed by atoms with E-state index in [0.717, 1.165) is 22.3 Å². The summed E-state index contributed by atoms with van der Waals surface area (Å²) in [6, 6.07) is 10.8. The van der Waals surface area contributed by atoms with Gasteiger partial charge in [0.1, 0.15) is 0 Å². The van der Waals surface area contributed by atoms with Gasteiger partial charge < -0.3 is 10.8 Å². The van der Waals surface area contributed by atoms with Gasteiger partial charge in [-0.1, -0.05) is 42.0 Å². The van der Waals surface area contributed by atoms with E-state index in [2.05, 4.69) is 4.72 Å². The first-order chi connectivity index (χ1) is 11.2. The first-order valence-electron chi connectivity index (χ1n) is 7.82. The molecular weight excluding hydrogens is 324 g/mol. The molecule has 0 saturated heterocycles. The lowest BCUT2D eigenvalue weighted by Crippen LogP contribution is -2.54. The monoisotopic (exact) mass is 346 g/mol. The van der Waals surface area contributed by atoms with Gasteiger partial charge in [-0.3, -0.25) is 4.72 Å². The number of aryl methyl sites for hydroxylation is 3. The van der Waals surface area contributed by atoms with E-state index in [1.54, 1.807) is 18.2 Å². The van der Waals surface area contributed by atoms with Crippen molar-refractivity contribution in [3.05, 3.63) is 64.2 Å². The van der Waals surface area contributed by atoms with E-state index in [9.17, 15) is 13.5 Å². The third-order valence-electron chi connectivity index (χ3n) is 4.70.